The van der Waals surface area contributed by atoms with Gasteiger partial charge in [0, 0.05) is 48.2 Å². The van der Waals surface area contributed by atoms with Crippen LogP contribution in [0.3, 0.4) is 0 Å². The number of carbonyl (C=O) groups excluding carboxylic acids is 2. The van der Waals surface area contributed by atoms with Crippen LogP contribution in [0.2, 0.25) is 0 Å². The molecule has 0 atom stereocenters. The first-order valence-corrected chi connectivity index (χ1v) is 12.1. The molecule has 0 aromatic carbocycles. The summed E-state index contributed by atoms with van der Waals surface area (Å²) in [6.07, 6.45) is 20.1. The van der Waals surface area contributed by atoms with Crippen molar-refractivity contribution in [1.82, 2.24) is 0 Å². The average Bonchev–Trinajstić information content (AvgIpc) is 2.82. The molecule has 8 nitrogen and oxygen atoms in total. The van der Waals surface area contributed by atoms with E-state index in [9.17, 15) is 19.2 Å². The average molecular weight is 607 g/mol. The quantitative estimate of drug-likeness (QED) is 0.107. The second kappa shape index (κ2) is 39.4. The van der Waals surface area contributed by atoms with Crippen LogP contribution in [-0.2, 0) is 28.7 Å². The third-order valence-corrected chi connectivity index (χ3v) is 4.04. The molecule has 4 radical (unpaired) electrons. The van der Waals surface area contributed by atoms with Gasteiger partial charge in [-0.25, -0.2) is 19.2 Å². The monoisotopic (exact) mass is 608 g/mol. The number of ether oxygens (including phenoxy) is 2. The molecule has 35 heavy (non-hydrogen) atoms. The number of methoxy groups -OCH3 is 2. The fourth-order valence-electron chi connectivity index (χ4n) is 2.12. The van der Waals surface area contributed by atoms with E-state index in [2.05, 4.69) is 37.2 Å². The van der Waals surface area contributed by atoms with Crippen LogP contribution in [0.25, 0.3) is 0 Å². The van der Waals surface area contributed by atoms with Gasteiger partial charge >= 0.3 is 23.9 Å². The van der Waals surface area contributed by atoms with Crippen LogP contribution in [0, 0.1) is 0 Å². The van der Waals surface area contributed by atoms with Crippen molar-refractivity contribution in [2.75, 3.05) is 14.2 Å². The van der Waals surface area contributed by atoms with Gasteiger partial charge in [-0.15, -0.1) is 0 Å². The van der Waals surface area contributed by atoms with Crippen LogP contribution < -0.4 is 0 Å². The predicted octanol–water partition coefficient (Wildman–Crippen LogP) is 5.95. The number of carboxylic acids is 2. The standard InChI is InChI=1S/2C8H18.2C5H6O4.Sn/c2*1-3-5-7-8-6-4-2;2*1-9-5(8)3-2-4(6)7;/h2*3-8H2,1-2H3;2*2-3H,1H3,(H,6,7);/b;;2*3-2-;. The number of hydrogen-bond donors (Lipinski definition) is 2. The number of carboxylic acid groups (broad SMARTS) is 2. The summed E-state index contributed by atoms with van der Waals surface area (Å²) in [5.41, 5.74) is 0. The predicted molar refractivity (Wildman–Crippen MR) is 141 cm³/mol. The minimum absolute atomic E-state index is 0. The Hall–Kier alpha value is -1.84. The smallest absolute Gasteiger partial charge is 0.330 e. The molecule has 9 heteroatoms. The number of carbonyl (C=O) groups is 4. The van der Waals surface area contributed by atoms with Crippen molar-refractivity contribution in [3.8, 4) is 0 Å². The Morgan fingerprint density at radius 1 is 0.514 bits per heavy atom. The summed E-state index contributed by atoms with van der Waals surface area (Å²) in [4.78, 5) is 39.7. The van der Waals surface area contributed by atoms with Crippen LogP contribution in [-0.4, -0.2) is 72.2 Å². The first-order chi connectivity index (χ1) is 16.2. The molecule has 0 aliphatic carbocycles. The van der Waals surface area contributed by atoms with E-state index in [-0.39, 0.29) is 23.9 Å². The fourth-order valence-corrected chi connectivity index (χ4v) is 2.12. The van der Waals surface area contributed by atoms with Crippen molar-refractivity contribution in [2.45, 2.75) is 105 Å². The van der Waals surface area contributed by atoms with Gasteiger partial charge in [-0.05, 0) is 0 Å². The van der Waals surface area contributed by atoms with Gasteiger partial charge in [0.25, 0.3) is 0 Å². The zero-order chi connectivity index (χ0) is 27.0. The van der Waals surface area contributed by atoms with Gasteiger partial charge in [-0.3, -0.25) is 0 Å². The number of hydrogen-bond acceptors (Lipinski definition) is 6. The summed E-state index contributed by atoms with van der Waals surface area (Å²) in [5, 5.41) is 15.9. The second-order valence-electron chi connectivity index (χ2n) is 7.22. The molecule has 0 saturated carbocycles. The zero-order valence-electron chi connectivity index (χ0n) is 22.6. The minimum atomic E-state index is -1.17. The van der Waals surface area contributed by atoms with E-state index in [1.165, 1.54) is 91.3 Å². The normalized spacial score (nSPS) is 9.31. The van der Waals surface area contributed by atoms with Crippen LogP contribution in [0.4, 0.5) is 0 Å². The van der Waals surface area contributed by atoms with Crippen molar-refractivity contribution in [2.24, 2.45) is 0 Å². The van der Waals surface area contributed by atoms with Gasteiger partial charge in [0.15, 0.2) is 0 Å². The topological polar surface area (TPSA) is 127 Å². The van der Waals surface area contributed by atoms with Crippen LogP contribution in [0.1, 0.15) is 105 Å². The van der Waals surface area contributed by atoms with Gasteiger partial charge in [-0.2, -0.15) is 0 Å². The van der Waals surface area contributed by atoms with E-state index in [0.717, 1.165) is 12.2 Å². The van der Waals surface area contributed by atoms with Crippen molar-refractivity contribution in [1.29, 1.82) is 0 Å². The maximum absolute atomic E-state index is 10.1. The maximum atomic E-state index is 10.1. The van der Waals surface area contributed by atoms with Crippen LogP contribution in [0.5, 0.6) is 0 Å². The van der Waals surface area contributed by atoms with E-state index in [4.69, 9.17) is 10.2 Å². The van der Waals surface area contributed by atoms with Crippen LogP contribution >= 0.6 is 0 Å². The number of rotatable bonds is 14. The van der Waals surface area contributed by atoms with Gasteiger partial charge in [0.05, 0.1) is 14.2 Å². The zero-order valence-corrected chi connectivity index (χ0v) is 25.5. The second-order valence-corrected chi connectivity index (χ2v) is 7.22. The van der Waals surface area contributed by atoms with Gasteiger partial charge < -0.3 is 19.7 Å². The SMILES string of the molecule is CCCCCCCC.CCCCCCCC.COC(=O)/C=C\C(=O)O.COC(=O)/C=C\C(=O)O.[Sn]. The van der Waals surface area contributed by atoms with Gasteiger partial charge in [0.1, 0.15) is 0 Å². The largest absolute Gasteiger partial charge is 0.478 e. The van der Waals surface area contributed by atoms with E-state index in [1.54, 1.807) is 0 Å². The van der Waals surface area contributed by atoms with E-state index in [0.29, 0.717) is 12.2 Å². The summed E-state index contributed by atoms with van der Waals surface area (Å²) in [5.74, 6) is -3.67. The Bertz CT molecular complexity index is 485. The Morgan fingerprint density at radius 2 is 0.743 bits per heavy atom. The Balaban J connectivity index is -0.000000113. The van der Waals surface area contributed by atoms with Crippen LogP contribution in [0.15, 0.2) is 24.3 Å². The molecule has 0 saturated heterocycles. The third kappa shape index (κ3) is 59.6. The Morgan fingerprint density at radius 3 is 0.886 bits per heavy atom. The maximum Gasteiger partial charge on any atom is 0.330 e. The molecule has 0 bridgehead atoms. The van der Waals surface area contributed by atoms with E-state index < -0.39 is 23.9 Å². The molecule has 0 amide bonds. The minimum Gasteiger partial charge on any atom is -0.478 e. The van der Waals surface area contributed by atoms with E-state index in [1.807, 2.05) is 0 Å². The number of unbranched alkanes of at least 4 members (excludes halogenated alkanes) is 10. The third-order valence-electron chi connectivity index (χ3n) is 4.04. The molecule has 0 fully saturated rings. The molecule has 0 unspecified atom stereocenters. The van der Waals surface area contributed by atoms with Gasteiger partial charge in [0.2, 0.25) is 0 Å². The molecule has 0 aromatic heterocycles. The molecular formula is C26H48O8Sn. The fraction of sp³-hybridized carbons (Fsp3) is 0.692. The van der Waals surface area contributed by atoms with Crippen molar-refractivity contribution < 1.29 is 38.9 Å². The van der Waals surface area contributed by atoms with Crippen molar-refractivity contribution >= 4 is 47.8 Å². The molecular weight excluding hydrogens is 559 g/mol. The van der Waals surface area contributed by atoms with Crippen molar-refractivity contribution in [3.05, 3.63) is 24.3 Å². The van der Waals surface area contributed by atoms with E-state index >= 15 is 0 Å². The molecule has 0 heterocycles. The molecule has 0 aliphatic heterocycles. The Labute approximate surface area is 229 Å². The molecule has 204 valence electrons. The molecule has 0 spiro atoms. The van der Waals surface area contributed by atoms with Crippen molar-refractivity contribution in [3.63, 3.8) is 0 Å². The molecule has 0 aliphatic rings. The first kappa shape index (κ1) is 43.2. The Kier molecular flexibility index (Phi) is 48.7. The summed E-state index contributed by atoms with van der Waals surface area (Å²) in [6, 6.07) is 0. The molecule has 0 aromatic rings. The number of esters is 2. The first-order valence-electron chi connectivity index (χ1n) is 12.1. The summed E-state index contributed by atoms with van der Waals surface area (Å²) < 4.78 is 8.22. The summed E-state index contributed by atoms with van der Waals surface area (Å²) in [7, 11) is 2.35. The number of aliphatic carboxylic acids is 2. The summed E-state index contributed by atoms with van der Waals surface area (Å²) >= 11 is 0. The summed E-state index contributed by atoms with van der Waals surface area (Å²) in [6.45, 7) is 9.02. The van der Waals surface area contributed by atoms with Gasteiger partial charge in [-0.1, -0.05) is 105 Å². The molecule has 2 N–H and O–H groups in total. The molecule has 0 rings (SSSR count).